The predicted octanol–water partition coefficient (Wildman–Crippen LogP) is -0.0110. The SMILES string of the molecule is CC1=[C-]CC=C1C.[Cl-].[Cl-].[Zr+4].c1ccc2[cH-]c(-n3cc4ccccc4n3)cc2c1. The molecule has 28 heavy (non-hydrogen) atoms. The van der Waals surface area contributed by atoms with Gasteiger partial charge in [0, 0.05) is 11.6 Å². The van der Waals surface area contributed by atoms with Gasteiger partial charge in [-0.1, -0.05) is 31.2 Å². The minimum absolute atomic E-state index is 0. The molecule has 0 fully saturated rings. The molecule has 5 rings (SSSR count). The van der Waals surface area contributed by atoms with Crippen molar-refractivity contribution in [2.45, 2.75) is 20.3 Å². The van der Waals surface area contributed by atoms with Gasteiger partial charge in [-0.3, -0.25) is 10.8 Å². The van der Waals surface area contributed by atoms with Crippen molar-refractivity contribution in [3.05, 3.63) is 90.2 Å². The molecule has 5 heteroatoms. The van der Waals surface area contributed by atoms with E-state index in [2.05, 4.69) is 79.8 Å². The molecule has 1 aliphatic rings. The van der Waals surface area contributed by atoms with Crippen LogP contribution in [0, 0.1) is 6.08 Å². The smallest absolute Gasteiger partial charge is 1.00 e. The maximum atomic E-state index is 4.59. The van der Waals surface area contributed by atoms with E-state index < -0.39 is 0 Å². The molecule has 1 heterocycles. The molecule has 0 spiro atoms. The number of fused-ring (bicyclic) bond motifs is 2. The zero-order chi connectivity index (χ0) is 17.2. The molecule has 1 aromatic heterocycles. The molecule has 0 radical (unpaired) electrons. The first-order chi connectivity index (χ1) is 12.2. The molecule has 3 aromatic carbocycles. The first kappa shape index (κ1) is 24.5. The van der Waals surface area contributed by atoms with Crippen LogP contribution in [-0.4, -0.2) is 9.78 Å². The molecule has 0 amide bonds. The topological polar surface area (TPSA) is 17.8 Å². The maximum absolute atomic E-state index is 4.59. The minimum atomic E-state index is 0. The number of aromatic nitrogens is 2. The third-order valence-corrected chi connectivity index (χ3v) is 4.65. The second-order valence-electron chi connectivity index (χ2n) is 6.37. The average Bonchev–Trinajstić information content (AvgIpc) is 3.33. The van der Waals surface area contributed by atoms with Gasteiger partial charge < -0.3 is 24.8 Å². The Hall–Kier alpha value is -1.54. The van der Waals surface area contributed by atoms with Crippen LogP contribution in [0.4, 0.5) is 0 Å². The monoisotopic (exact) mass is 484 g/mol. The van der Waals surface area contributed by atoms with Crippen molar-refractivity contribution in [2.24, 2.45) is 0 Å². The van der Waals surface area contributed by atoms with Crippen molar-refractivity contribution in [3.63, 3.8) is 0 Å². The minimum Gasteiger partial charge on any atom is -1.00 e. The number of hydrogen-bond acceptors (Lipinski definition) is 1. The van der Waals surface area contributed by atoms with Gasteiger partial charge in [0.1, 0.15) is 0 Å². The van der Waals surface area contributed by atoms with Crippen LogP contribution >= 0.6 is 0 Å². The molecule has 0 N–H and O–H groups in total. The number of halogens is 2. The summed E-state index contributed by atoms with van der Waals surface area (Å²) < 4.78 is 1.95. The normalized spacial score (nSPS) is 12.1. The van der Waals surface area contributed by atoms with Crippen LogP contribution in [0.25, 0.3) is 27.4 Å². The Labute approximate surface area is 197 Å². The van der Waals surface area contributed by atoms with Crippen molar-refractivity contribution in [1.29, 1.82) is 0 Å². The summed E-state index contributed by atoms with van der Waals surface area (Å²) in [6, 6.07) is 20.9. The quantitative estimate of drug-likeness (QED) is 0.346. The van der Waals surface area contributed by atoms with Crippen LogP contribution in [0.15, 0.2) is 84.1 Å². The van der Waals surface area contributed by atoms with Gasteiger partial charge in [-0.15, -0.1) is 54.4 Å². The summed E-state index contributed by atoms with van der Waals surface area (Å²) in [7, 11) is 0. The van der Waals surface area contributed by atoms with Crippen LogP contribution in [0.1, 0.15) is 20.3 Å². The van der Waals surface area contributed by atoms with E-state index in [1.165, 1.54) is 27.3 Å². The van der Waals surface area contributed by atoms with Gasteiger partial charge in [-0.2, -0.15) is 11.2 Å². The Balaban J connectivity index is 0.000000341. The fraction of sp³-hybridized carbons (Fsp3) is 0.130. The third-order valence-electron chi connectivity index (χ3n) is 4.65. The number of benzene rings is 2. The molecule has 4 aromatic rings. The zero-order valence-corrected chi connectivity index (χ0v) is 19.8. The number of hydrogen-bond donors (Lipinski definition) is 0. The predicted molar refractivity (Wildman–Crippen MR) is 105 cm³/mol. The Kier molecular flexibility index (Phi) is 9.50. The Bertz CT molecular complexity index is 952. The molecular formula is C23H20Cl2N2Zr. The first-order valence-electron chi connectivity index (χ1n) is 8.55. The molecular weight excluding hydrogens is 466 g/mol. The summed E-state index contributed by atoms with van der Waals surface area (Å²) in [6.07, 6.45) is 8.48. The van der Waals surface area contributed by atoms with Crippen molar-refractivity contribution in [3.8, 4) is 5.69 Å². The summed E-state index contributed by atoms with van der Waals surface area (Å²) in [5.74, 6) is 0. The standard InChI is InChI=1S/C16H11N2.C7H9.2ClH.Zr/c1-2-6-13-10-15(9-12(13)5-1)18-11-14-7-3-4-8-16(14)17-18;1-6-4-3-5-7(6)2;;;/h1-11H;4H,3H2,1-2H3;2*1H;/q2*-1;;;+4/p-2. The summed E-state index contributed by atoms with van der Waals surface area (Å²) in [5.41, 5.74) is 4.86. The van der Waals surface area contributed by atoms with Crippen LogP contribution in [0.3, 0.4) is 0 Å². The van der Waals surface area contributed by atoms with E-state index in [-0.39, 0.29) is 51.0 Å². The van der Waals surface area contributed by atoms with Gasteiger partial charge in [-0.25, -0.2) is 11.1 Å². The van der Waals surface area contributed by atoms with E-state index in [4.69, 9.17) is 0 Å². The number of allylic oxidation sites excluding steroid dienone is 4. The second-order valence-corrected chi connectivity index (χ2v) is 6.37. The Morgan fingerprint density at radius 3 is 2.21 bits per heavy atom. The van der Waals surface area contributed by atoms with Gasteiger partial charge in [-0.05, 0) is 11.8 Å². The largest absolute Gasteiger partial charge is 4.00 e. The van der Waals surface area contributed by atoms with E-state index in [0.29, 0.717) is 0 Å². The third kappa shape index (κ3) is 5.29. The first-order valence-corrected chi connectivity index (χ1v) is 8.55. The van der Waals surface area contributed by atoms with Gasteiger partial charge in [0.25, 0.3) is 0 Å². The molecule has 2 nitrogen and oxygen atoms in total. The second kappa shape index (κ2) is 10.9. The Morgan fingerprint density at radius 1 is 0.964 bits per heavy atom. The van der Waals surface area contributed by atoms with Gasteiger partial charge >= 0.3 is 26.2 Å². The molecule has 0 bridgehead atoms. The zero-order valence-electron chi connectivity index (χ0n) is 15.8. The van der Waals surface area contributed by atoms with Gasteiger partial charge in [0.05, 0.1) is 5.52 Å². The molecule has 1 aliphatic carbocycles. The van der Waals surface area contributed by atoms with E-state index >= 15 is 0 Å². The van der Waals surface area contributed by atoms with E-state index in [1.807, 2.05) is 22.9 Å². The van der Waals surface area contributed by atoms with Crippen molar-refractivity contribution in [1.82, 2.24) is 9.78 Å². The molecule has 0 saturated heterocycles. The molecule has 0 unspecified atom stereocenters. The summed E-state index contributed by atoms with van der Waals surface area (Å²) in [4.78, 5) is 0. The summed E-state index contributed by atoms with van der Waals surface area (Å²) >= 11 is 0. The molecule has 140 valence electrons. The fourth-order valence-electron chi connectivity index (χ4n) is 3.01. The molecule has 0 atom stereocenters. The number of nitrogens with zero attached hydrogens (tertiary/aromatic N) is 2. The van der Waals surface area contributed by atoms with Gasteiger partial charge in [0.2, 0.25) is 0 Å². The van der Waals surface area contributed by atoms with Gasteiger partial charge in [0.15, 0.2) is 0 Å². The van der Waals surface area contributed by atoms with Crippen LogP contribution in [-0.2, 0) is 26.2 Å². The van der Waals surface area contributed by atoms with Crippen molar-refractivity contribution >= 4 is 21.7 Å². The van der Waals surface area contributed by atoms with E-state index in [1.54, 1.807) is 0 Å². The Morgan fingerprint density at radius 2 is 1.64 bits per heavy atom. The average molecular weight is 487 g/mol. The van der Waals surface area contributed by atoms with E-state index in [9.17, 15) is 0 Å². The van der Waals surface area contributed by atoms with Crippen LogP contribution < -0.4 is 24.8 Å². The molecule has 0 aliphatic heterocycles. The van der Waals surface area contributed by atoms with Crippen molar-refractivity contribution < 1.29 is 51.0 Å². The maximum Gasteiger partial charge on any atom is 4.00 e. The van der Waals surface area contributed by atoms with Crippen molar-refractivity contribution in [2.75, 3.05) is 0 Å². The summed E-state index contributed by atoms with van der Waals surface area (Å²) in [5, 5.41) is 8.28. The van der Waals surface area contributed by atoms with Crippen LogP contribution in [0.5, 0.6) is 0 Å². The number of rotatable bonds is 1. The van der Waals surface area contributed by atoms with Crippen LogP contribution in [0.2, 0.25) is 0 Å². The van der Waals surface area contributed by atoms with E-state index in [0.717, 1.165) is 17.6 Å². The fourth-order valence-corrected chi connectivity index (χ4v) is 3.01. The molecule has 0 saturated carbocycles. The summed E-state index contributed by atoms with van der Waals surface area (Å²) in [6.45, 7) is 4.22.